The summed E-state index contributed by atoms with van der Waals surface area (Å²) in [4.78, 5) is 22.5. The summed E-state index contributed by atoms with van der Waals surface area (Å²) in [6, 6.07) is 0. The molecule has 1 heterocycles. The first-order chi connectivity index (χ1) is 9.72. The van der Waals surface area contributed by atoms with E-state index in [9.17, 15) is 9.59 Å². The molecule has 1 aliphatic heterocycles. The zero-order valence-electron chi connectivity index (χ0n) is 13.1. The molecular weight excluding hydrogens is 250 g/mol. The van der Waals surface area contributed by atoms with Crippen LogP contribution >= 0.6 is 0 Å². The molecule has 1 saturated heterocycles. The molecule has 20 heavy (non-hydrogen) atoms. The second-order valence-corrected chi connectivity index (χ2v) is 6.22. The van der Waals surface area contributed by atoms with Gasteiger partial charge in [-0.2, -0.15) is 0 Å². The predicted molar refractivity (Wildman–Crippen MR) is 82.3 cm³/mol. The third-order valence-electron chi connectivity index (χ3n) is 4.19. The van der Waals surface area contributed by atoms with Crippen LogP contribution in [-0.2, 0) is 9.59 Å². The molecule has 3 nitrogen and oxygen atoms in total. The Kier molecular flexibility index (Phi) is 9.35. The second-order valence-electron chi connectivity index (χ2n) is 6.22. The molecule has 0 aromatic heterocycles. The molecular formula is C17H31NO2. The van der Waals surface area contributed by atoms with E-state index in [2.05, 4.69) is 12.2 Å². The molecule has 0 atom stereocenters. The Morgan fingerprint density at radius 3 is 1.75 bits per heavy atom. The lowest BCUT2D eigenvalue weighted by molar-refractivity contribution is -0.134. The van der Waals surface area contributed by atoms with Crippen molar-refractivity contribution < 1.29 is 9.59 Å². The molecule has 1 rings (SSSR count). The number of imide groups is 1. The summed E-state index contributed by atoms with van der Waals surface area (Å²) in [5, 5.41) is 2.37. The van der Waals surface area contributed by atoms with Crippen LogP contribution < -0.4 is 5.32 Å². The minimum Gasteiger partial charge on any atom is -0.296 e. The summed E-state index contributed by atoms with van der Waals surface area (Å²) >= 11 is 0. The van der Waals surface area contributed by atoms with E-state index in [0.29, 0.717) is 18.8 Å². The average Bonchev–Trinajstić information content (AvgIpc) is 2.40. The number of hydrogen-bond donors (Lipinski definition) is 1. The number of unbranched alkanes of at least 4 members (excludes halogenated alkanes) is 9. The van der Waals surface area contributed by atoms with Gasteiger partial charge in [-0.1, -0.05) is 71.1 Å². The number of nitrogens with one attached hydrogen (secondary N) is 1. The van der Waals surface area contributed by atoms with Gasteiger partial charge in [0.1, 0.15) is 0 Å². The molecule has 116 valence electrons. The standard InChI is InChI=1S/C17H31NO2/c1-2-3-4-5-6-7-8-9-10-11-12-15-13-16(19)18-17(20)14-15/h15H,2-14H2,1H3,(H,18,19,20). The Labute approximate surface area is 123 Å². The van der Waals surface area contributed by atoms with Gasteiger partial charge < -0.3 is 0 Å². The largest absolute Gasteiger partial charge is 0.296 e. The van der Waals surface area contributed by atoms with Gasteiger partial charge in [-0.05, 0) is 12.3 Å². The molecule has 3 heteroatoms. The molecule has 0 aliphatic carbocycles. The summed E-state index contributed by atoms with van der Waals surface area (Å²) in [6.07, 6.45) is 15.4. The Hall–Kier alpha value is -0.860. The first kappa shape index (κ1) is 17.2. The molecule has 0 bridgehead atoms. The van der Waals surface area contributed by atoms with Crippen LogP contribution in [0.3, 0.4) is 0 Å². The van der Waals surface area contributed by atoms with Crippen LogP contribution in [0.1, 0.15) is 90.4 Å². The van der Waals surface area contributed by atoms with E-state index >= 15 is 0 Å². The van der Waals surface area contributed by atoms with Crippen LogP contribution in [0.5, 0.6) is 0 Å². The monoisotopic (exact) mass is 281 g/mol. The minimum absolute atomic E-state index is 0.0849. The topological polar surface area (TPSA) is 46.2 Å². The zero-order valence-corrected chi connectivity index (χ0v) is 13.1. The highest BCUT2D eigenvalue weighted by molar-refractivity contribution is 5.97. The van der Waals surface area contributed by atoms with Crippen molar-refractivity contribution in [2.45, 2.75) is 90.4 Å². The van der Waals surface area contributed by atoms with Crippen LogP contribution in [-0.4, -0.2) is 11.8 Å². The van der Waals surface area contributed by atoms with Crippen molar-refractivity contribution >= 4 is 11.8 Å². The number of amides is 2. The van der Waals surface area contributed by atoms with Crippen molar-refractivity contribution in [3.05, 3.63) is 0 Å². The Balaban J connectivity index is 1.87. The maximum absolute atomic E-state index is 11.2. The Morgan fingerprint density at radius 2 is 1.25 bits per heavy atom. The maximum Gasteiger partial charge on any atom is 0.226 e. The van der Waals surface area contributed by atoms with Crippen LogP contribution in [0.4, 0.5) is 0 Å². The quantitative estimate of drug-likeness (QED) is 0.452. The van der Waals surface area contributed by atoms with Crippen LogP contribution in [0.15, 0.2) is 0 Å². The smallest absolute Gasteiger partial charge is 0.226 e. The molecule has 1 N–H and O–H groups in total. The van der Waals surface area contributed by atoms with Crippen molar-refractivity contribution in [2.75, 3.05) is 0 Å². The highest BCUT2D eigenvalue weighted by Crippen LogP contribution is 2.21. The highest BCUT2D eigenvalue weighted by atomic mass is 16.2. The van der Waals surface area contributed by atoms with Crippen molar-refractivity contribution in [3.8, 4) is 0 Å². The van der Waals surface area contributed by atoms with Gasteiger partial charge in [0.25, 0.3) is 0 Å². The van der Waals surface area contributed by atoms with E-state index in [1.807, 2.05) is 0 Å². The van der Waals surface area contributed by atoms with Gasteiger partial charge in [0, 0.05) is 12.8 Å². The first-order valence-corrected chi connectivity index (χ1v) is 8.55. The van der Waals surface area contributed by atoms with Gasteiger partial charge in [-0.25, -0.2) is 0 Å². The molecule has 0 unspecified atom stereocenters. The van der Waals surface area contributed by atoms with Gasteiger partial charge in [0.15, 0.2) is 0 Å². The van der Waals surface area contributed by atoms with Gasteiger partial charge >= 0.3 is 0 Å². The molecule has 1 fully saturated rings. The van der Waals surface area contributed by atoms with Crippen molar-refractivity contribution in [1.29, 1.82) is 0 Å². The SMILES string of the molecule is CCCCCCCCCCCCC1CC(=O)NC(=O)C1. The summed E-state index contributed by atoms with van der Waals surface area (Å²) in [5.74, 6) is 0.127. The van der Waals surface area contributed by atoms with Crippen molar-refractivity contribution in [3.63, 3.8) is 0 Å². The Morgan fingerprint density at radius 1 is 0.800 bits per heavy atom. The molecule has 0 aromatic rings. The highest BCUT2D eigenvalue weighted by Gasteiger charge is 2.23. The summed E-state index contributed by atoms with van der Waals surface area (Å²) in [6.45, 7) is 2.25. The third kappa shape index (κ3) is 8.34. The van der Waals surface area contributed by atoms with Crippen molar-refractivity contribution in [1.82, 2.24) is 5.32 Å². The number of hydrogen-bond acceptors (Lipinski definition) is 2. The van der Waals surface area contributed by atoms with E-state index in [-0.39, 0.29) is 11.8 Å². The second kappa shape index (κ2) is 10.9. The number of piperidine rings is 1. The average molecular weight is 281 g/mol. The lowest BCUT2D eigenvalue weighted by Crippen LogP contribution is -2.38. The number of rotatable bonds is 11. The van der Waals surface area contributed by atoms with E-state index in [4.69, 9.17) is 0 Å². The summed E-state index contributed by atoms with van der Waals surface area (Å²) in [5.41, 5.74) is 0. The van der Waals surface area contributed by atoms with Crippen molar-refractivity contribution in [2.24, 2.45) is 5.92 Å². The molecule has 2 amide bonds. The van der Waals surface area contributed by atoms with Gasteiger partial charge in [-0.15, -0.1) is 0 Å². The van der Waals surface area contributed by atoms with Crippen LogP contribution in [0, 0.1) is 5.92 Å². The van der Waals surface area contributed by atoms with Gasteiger partial charge in [-0.3, -0.25) is 14.9 Å². The van der Waals surface area contributed by atoms with E-state index in [1.165, 1.54) is 64.2 Å². The minimum atomic E-state index is -0.0849. The summed E-state index contributed by atoms with van der Waals surface area (Å²) < 4.78 is 0. The predicted octanol–water partition coefficient (Wildman–Crippen LogP) is 4.35. The zero-order chi connectivity index (χ0) is 14.6. The first-order valence-electron chi connectivity index (χ1n) is 8.55. The Bertz CT molecular complexity index is 273. The fourth-order valence-electron chi connectivity index (χ4n) is 2.98. The number of carbonyl (C=O) groups is 2. The normalized spacial score (nSPS) is 16.4. The molecule has 0 spiro atoms. The van der Waals surface area contributed by atoms with E-state index in [0.717, 1.165) is 6.42 Å². The van der Waals surface area contributed by atoms with E-state index < -0.39 is 0 Å². The lowest BCUT2D eigenvalue weighted by Gasteiger charge is -2.20. The number of carbonyl (C=O) groups excluding carboxylic acids is 2. The van der Waals surface area contributed by atoms with Gasteiger partial charge in [0.05, 0.1) is 0 Å². The van der Waals surface area contributed by atoms with Crippen LogP contribution in [0.2, 0.25) is 0 Å². The third-order valence-corrected chi connectivity index (χ3v) is 4.19. The summed E-state index contributed by atoms with van der Waals surface area (Å²) in [7, 11) is 0. The lowest BCUT2D eigenvalue weighted by atomic mass is 9.91. The molecule has 1 aliphatic rings. The molecule has 0 saturated carbocycles. The fraction of sp³-hybridized carbons (Fsp3) is 0.882. The molecule has 0 radical (unpaired) electrons. The van der Waals surface area contributed by atoms with Crippen LogP contribution in [0.25, 0.3) is 0 Å². The van der Waals surface area contributed by atoms with E-state index in [1.54, 1.807) is 0 Å². The maximum atomic E-state index is 11.2. The van der Waals surface area contributed by atoms with Gasteiger partial charge in [0.2, 0.25) is 11.8 Å². The molecule has 0 aromatic carbocycles. The fourth-order valence-corrected chi connectivity index (χ4v) is 2.98.